The first-order valence-corrected chi connectivity index (χ1v) is 17.9. The van der Waals surface area contributed by atoms with Crippen LogP contribution in [0.5, 0.6) is 0 Å². The molecular formula is C19H23NO3S6Si. The Morgan fingerprint density at radius 3 is 2.40 bits per heavy atom. The van der Waals surface area contributed by atoms with Crippen molar-refractivity contribution < 1.29 is 13.3 Å². The predicted octanol–water partition coefficient (Wildman–Crippen LogP) is 7.77. The van der Waals surface area contributed by atoms with E-state index in [9.17, 15) is 0 Å². The Hall–Kier alpha value is 0.177. The average molecular weight is 534 g/mol. The standard InChI is InChI=1S/C19H23NO3S6Si/c1-14-9-10-17(15(13-14)11-12-30(21-2,22-3)23-4)25-27-29-28-26-19-20-16-7-5-6-8-18(16)24-19/h5-10,13H,11-12H2,1-4H3. The van der Waals surface area contributed by atoms with E-state index in [2.05, 4.69) is 48.3 Å². The van der Waals surface area contributed by atoms with Crippen molar-refractivity contribution in [2.45, 2.75) is 28.6 Å². The molecular weight excluding hydrogens is 511 g/mol. The normalized spacial score (nSPS) is 12.0. The molecule has 3 rings (SSSR count). The van der Waals surface area contributed by atoms with Crippen LogP contribution in [0.1, 0.15) is 11.1 Å². The van der Waals surface area contributed by atoms with Crippen molar-refractivity contribution in [3.63, 3.8) is 0 Å². The molecule has 3 aromatic rings. The Balaban J connectivity index is 1.51. The molecule has 0 saturated heterocycles. The van der Waals surface area contributed by atoms with Gasteiger partial charge in [-0.3, -0.25) is 0 Å². The molecule has 0 radical (unpaired) electrons. The molecule has 0 fully saturated rings. The summed E-state index contributed by atoms with van der Waals surface area (Å²) in [4.78, 5) is 5.94. The number of hydrogen-bond acceptors (Lipinski definition) is 10. The molecule has 0 atom stereocenters. The Kier molecular flexibility index (Phi) is 10.3. The quantitative estimate of drug-likeness (QED) is 0.132. The van der Waals surface area contributed by atoms with Gasteiger partial charge in [0.05, 0.1) is 10.2 Å². The zero-order valence-corrected chi connectivity index (χ0v) is 23.0. The van der Waals surface area contributed by atoms with Crippen LogP contribution in [0.25, 0.3) is 10.2 Å². The van der Waals surface area contributed by atoms with Crippen molar-refractivity contribution in [3.8, 4) is 0 Å². The van der Waals surface area contributed by atoms with E-state index in [0.29, 0.717) is 0 Å². The number of para-hydroxylation sites is 1. The van der Waals surface area contributed by atoms with Crippen LogP contribution in [0, 0.1) is 6.92 Å². The Bertz CT molecular complexity index is 912. The number of benzene rings is 2. The fourth-order valence-corrected chi connectivity index (χ4v) is 14.5. The monoisotopic (exact) mass is 533 g/mol. The largest absolute Gasteiger partial charge is 0.500 e. The number of fused-ring (bicyclic) bond motifs is 1. The van der Waals surface area contributed by atoms with E-state index in [1.807, 2.05) is 6.07 Å². The van der Waals surface area contributed by atoms with Gasteiger partial charge < -0.3 is 13.3 Å². The third-order valence-corrected chi connectivity index (χ3v) is 16.8. The summed E-state index contributed by atoms with van der Waals surface area (Å²) in [6, 6.07) is 15.6. The number of nitrogens with zero attached hydrogens (tertiary/aromatic N) is 1. The molecule has 0 N–H and O–H groups in total. The van der Waals surface area contributed by atoms with Crippen LogP contribution in [-0.2, 0) is 19.7 Å². The van der Waals surface area contributed by atoms with Gasteiger partial charge in [0.2, 0.25) is 0 Å². The molecule has 4 nitrogen and oxygen atoms in total. The molecule has 0 aliphatic heterocycles. The van der Waals surface area contributed by atoms with E-state index in [1.165, 1.54) is 20.7 Å². The van der Waals surface area contributed by atoms with Crippen LogP contribution in [0.3, 0.4) is 0 Å². The van der Waals surface area contributed by atoms with Crippen molar-refractivity contribution in [1.29, 1.82) is 0 Å². The molecule has 0 bridgehead atoms. The van der Waals surface area contributed by atoms with E-state index >= 15 is 0 Å². The first-order chi connectivity index (χ1) is 14.6. The molecule has 162 valence electrons. The van der Waals surface area contributed by atoms with Gasteiger partial charge in [0, 0.05) is 32.3 Å². The maximum Gasteiger partial charge on any atom is 0.500 e. The minimum atomic E-state index is -2.57. The third kappa shape index (κ3) is 6.84. The molecule has 11 heteroatoms. The molecule has 0 amide bonds. The topological polar surface area (TPSA) is 40.6 Å². The lowest BCUT2D eigenvalue weighted by Gasteiger charge is -2.24. The molecule has 0 saturated carbocycles. The second kappa shape index (κ2) is 12.4. The SMILES string of the molecule is CO[Si](CCc1cc(C)ccc1SSSSSc1nc2ccccc2s1)(OC)OC. The summed E-state index contributed by atoms with van der Waals surface area (Å²) in [5, 5.41) is 0. The summed E-state index contributed by atoms with van der Waals surface area (Å²) in [5.41, 5.74) is 3.64. The molecule has 1 heterocycles. The van der Waals surface area contributed by atoms with Crippen LogP contribution in [0.15, 0.2) is 51.7 Å². The molecule has 0 aliphatic rings. The smallest absolute Gasteiger partial charge is 0.377 e. The second-order valence-corrected chi connectivity index (χ2v) is 18.1. The lowest BCUT2D eigenvalue weighted by Crippen LogP contribution is -2.43. The van der Waals surface area contributed by atoms with E-state index in [1.54, 1.807) is 83.7 Å². The summed E-state index contributed by atoms with van der Waals surface area (Å²) >= 11 is 1.74. The third-order valence-electron chi connectivity index (χ3n) is 4.41. The van der Waals surface area contributed by atoms with Crippen molar-refractivity contribution in [2.24, 2.45) is 0 Å². The minimum Gasteiger partial charge on any atom is -0.377 e. The van der Waals surface area contributed by atoms with Gasteiger partial charge in [-0.2, -0.15) is 0 Å². The first-order valence-electron chi connectivity index (χ1n) is 9.04. The van der Waals surface area contributed by atoms with E-state index in [4.69, 9.17) is 13.3 Å². The zero-order chi connectivity index (χ0) is 21.4. The van der Waals surface area contributed by atoms with Gasteiger partial charge in [0.1, 0.15) is 0 Å². The van der Waals surface area contributed by atoms with Gasteiger partial charge >= 0.3 is 8.80 Å². The minimum absolute atomic E-state index is 0.757. The first kappa shape index (κ1) is 24.8. The maximum absolute atomic E-state index is 5.57. The van der Waals surface area contributed by atoms with Crippen molar-refractivity contribution in [1.82, 2.24) is 4.98 Å². The van der Waals surface area contributed by atoms with E-state index < -0.39 is 8.80 Å². The molecule has 2 aromatic carbocycles. The van der Waals surface area contributed by atoms with E-state index in [-0.39, 0.29) is 0 Å². The highest BCUT2D eigenvalue weighted by atomic mass is 33.8. The van der Waals surface area contributed by atoms with Gasteiger partial charge in [-0.25, -0.2) is 4.98 Å². The lowest BCUT2D eigenvalue weighted by atomic mass is 10.1. The molecule has 0 unspecified atom stereocenters. The van der Waals surface area contributed by atoms with Crippen LogP contribution in [0.4, 0.5) is 0 Å². The molecule has 1 aromatic heterocycles. The fourth-order valence-electron chi connectivity index (χ4n) is 2.82. The number of aryl methyl sites for hydroxylation is 2. The highest BCUT2D eigenvalue weighted by Gasteiger charge is 2.37. The number of thiazole rings is 1. The van der Waals surface area contributed by atoms with Gasteiger partial charge in [0.15, 0.2) is 4.34 Å². The van der Waals surface area contributed by atoms with Gasteiger partial charge in [-0.15, -0.1) is 11.3 Å². The highest BCUT2D eigenvalue weighted by molar-refractivity contribution is 9.35. The van der Waals surface area contributed by atoms with E-state index in [0.717, 1.165) is 22.3 Å². The summed E-state index contributed by atoms with van der Waals surface area (Å²) in [7, 11) is 11.2. The zero-order valence-electron chi connectivity index (χ0n) is 17.1. The van der Waals surface area contributed by atoms with Crippen LogP contribution in [-0.4, -0.2) is 35.1 Å². The van der Waals surface area contributed by atoms with Gasteiger partial charge in [-0.1, -0.05) is 29.8 Å². The second-order valence-electron chi connectivity index (χ2n) is 6.22. The van der Waals surface area contributed by atoms with Crippen LogP contribution in [0.2, 0.25) is 6.04 Å². The Morgan fingerprint density at radius 1 is 0.933 bits per heavy atom. The molecule has 30 heavy (non-hydrogen) atoms. The van der Waals surface area contributed by atoms with Crippen LogP contribution < -0.4 is 0 Å². The summed E-state index contributed by atoms with van der Waals surface area (Å²) in [6.45, 7) is 2.12. The number of rotatable bonds is 12. The van der Waals surface area contributed by atoms with Crippen molar-refractivity contribution >= 4 is 81.4 Å². The lowest BCUT2D eigenvalue weighted by molar-refractivity contribution is 0.123. The summed E-state index contributed by atoms with van der Waals surface area (Å²) in [5.74, 6) is 0. The summed E-state index contributed by atoms with van der Waals surface area (Å²) < 4.78 is 19.0. The molecule has 0 aliphatic carbocycles. The predicted molar refractivity (Wildman–Crippen MR) is 141 cm³/mol. The van der Waals surface area contributed by atoms with Gasteiger partial charge in [0.25, 0.3) is 0 Å². The number of hydrogen-bond donors (Lipinski definition) is 0. The van der Waals surface area contributed by atoms with Crippen LogP contribution >= 0.6 is 62.4 Å². The Morgan fingerprint density at radius 2 is 1.67 bits per heavy atom. The molecule has 0 spiro atoms. The van der Waals surface area contributed by atoms with Crippen molar-refractivity contribution in [2.75, 3.05) is 21.3 Å². The fraction of sp³-hybridized carbons (Fsp3) is 0.316. The number of aromatic nitrogens is 1. The Labute approximate surface area is 202 Å². The highest BCUT2D eigenvalue weighted by Crippen LogP contribution is 2.54. The summed E-state index contributed by atoms with van der Waals surface area (Å²) in [6.07, 6.45) is 0.866. The maximum atomic E-state index is 5.57. The van der Waals surface area contributed by atoms with Crippen molar-refractivity contribution in [3.05, 3.63) is 53.6 Å². The average Bonchev–Trinajstić information content (AvgIpc) is 3.19. The van der Waals surface area contributed by atoms with Gasteiger partial charge in [-0.05, 0) is 88.2 Å².